The summed E-state index contributed by atoms with van der Waals surface area (Å²) in [5.41, 5.74) is 2.78. The van der Waals surface area contributed by atoms with Crippen LogP contribution in [0.1, 0.15) is 50.2 Å². The maximum Gasteiger partial charge on any atom is 0.0610 e. The zero-order chi connectivity index (χ0) is 15.1. The number of hydrogen-bond donors (Lipinski definition) is 2. The normalized spacial score (nSPS) is 17.7. The van der Waals surface area contributed by atoms with Gasteiger partial charge in [-0.15, -0.1) is 0 Å². The van der Waals surface area contributed by atoms with Gasteiger partial charge in [-0.05, 0) is 56.4 Å². The van der Waals surface area contributed by atoms with E-state index in [1.54, 1.807) is 0 Å². The van der Waals surface area contributed by atoms with Crippen molar-refractivity contribution in [2.75, 3.05) is 12.4 Å². The maximum atomic E-state index is 9.58. The molecule has 2 N–H and O–H groups in total. The van der Waals surface area contributed by atoms with E-state index >= 15 is 0 Å². The number of aryl methyl sites for hydroxylation is 1. The first-order valence-electron chi connectivity index (χ1n) is 8.14. The quantitative estimate of drug-likeness (QED) is 0.643. The topological polar surface area (TPSA) is 32.3 Å². The molecular weight excluding hydrogens is 278 g/mol. The summed E-state index contributed by atoms with van der Waals surface area (Å²) >= 11 is 2.02. The third kappa shape index (κ3) is 6.01. The monoisotopic (exact) mass is 307 g/mol. The first-order valence-corrected chi connectivity index (χ1v) is 9.29. The van der Waals surface area contributed by atoms with Crippen molar-refractivity contribution in [2.24, 2.45) is 0 Å². The first-order chi connectivity index (χ1) is 10.1. The summed E-state index contributed by atoms with van der Waals surface area (Å²) < 4.78 is 0. The number of benzene rings is 1. The van der Waals surface area contributed by atoms with E-state index in [1.165, 1.54) is 42.6 Å². The predicted octanol–water partition coefficient (Wildman–Crippen LogP) is 3.90. The predicted molar refractivity (Wildman–Crippen MR) is 92.8 cm³/mol. The van der Waals surface area contributed by atoms with Gasteiger partial charge in [-0.25, -0.2) is 0 Å². The lowest BCUT2D eigenvalue weighted by molar-refractivity contribution is 0.161. The van der Waals surface area contributed by atoms with Crippen LogP contribution in [-0.2, 0) is 5.75 Å². The molecule has 21 heavy (non-hydrogen) atoms. The molecule has 0 bridgehead atoms. The summed E-state index contributed by atoms with van der Waals surface area (Å²) in [6.45, 7) is 4.60. The molecule has 118 valence electrons. The van der Waals surface area contributed by atoms with E-state index in [2.05, 4.69) is 43.4 Å². The molecule has 1 saturated carbocycles. The van der Waals surface area contributed by atoms with Gasteiger partial charge in [0.05, 0.1) is 6.61 Å². The zero-order valence-corrected chi connectivity index (χ0v) is 14.2. The summed E-state index contributed by atoms with van der Waals surface area (Å²) in [6, 6.07) is 9.31. The second kappa shape index (κ2) is 8.21. The Morgan fingerprint density at radius 3 is 2.71 bits per heavy atom. The lowest BCUT2D eigenvalue weighted by Gasteiger charge is -2.29. The van der Waals surface area contributed by atoms with E-state index in [-0.39, 0.29) is 12.1 Å². The van der Waals surface area contributed by atoms with Crippen LogP contribution in [-0.4, -0.2) is 29.0 Å². The Balaban J connectivity index is 1.58. The molecule has 1 atom stereocenters. The highest BCUT2D eigenvalue weighted by atomic mass is 32.2. The summed E-state index contributed by atoms with van der Waals surface area (Å²) in [5, 5.41) is 13.2. The minimum atomic E-state index is -0.0676. The van der Waals surface area contributed by atoms with Crippen LogP contribution in [0, 0.1) is 6.92 Å². The number of rotatable bonds is 10. The van der Waals surface area contributed by atoms with Crippen molar-refractivity contribution in [1.82, 2.24) is 5.32 Å². The lowest BCUT2D eigenvalue weighted by Crippen LogP contribution is -2.46. The number of thioether (sulfide) groups is 1. The molecule has 2 rings (SSSR count). The van der Waals surface area contributed by atoms with Crippen LogP contribution in [0.4, 0.5) is 0 Å². The van der Waals surface area contributed by atoms with Crippen molar-refractivity contribution in [1.29, 1.82) is 0 Å². The van der Waals surface area contributed by atoms with Gasteiger partial charge in [-0.2, -0.15) is 11.8 Å². The Labute approximate surface area is 133 Å². The van der Waals surface area contributed by atoms with E-state index in [4.69, 9.17) is 0 Å². The fourth-order valence-electron chi connectivity index (χ4n) is 2.59. The average molecular weight is 308 g/mol. The van der Waals surface area contributed by atoms with Gasteiger partial charge in [0, 0.05) is 17.3 Å². The molecule has 1 aromatic carbocycles. The Morgan fingerprint density at radius 1 is 1.29 bits per heavy atom. The molecule has 0 aromatic heterocycles. The molecule has 0 spiro atoms. The van der Waals surface area contributed by atoms with Crippen LogP contribution < -0.4 is 5.32 Å². The van der Waals surface area contributed by atoms with Crippen LogP contribution in [0.3, 0.4) is 0 Å². The van der Waals surface area contributed by atoms with Crippen molar-refractivity contribution >= 4 is 11.8 Å². The number of hydrogen-bond acceptors (Lipinski definition) is 3. The minimum Gasteiger partial charge on any atom is -0.394 e. The number of aliphatic hydroxyl groups excluding tert-OH is 1. The smallest absolute Gasteiger partial charge is 0.0610 e. The van der Waals surface area contributed by atoms with Gasteiger partial charge in [-0.1, -0.05) is 30.7 Å². The fraction of sp³-hybridized carbons (Fsp3) is 0.667. The van der Waals surface area contributed by atoms with Gasteiger partial charge in [-0.3, -0.25) is 0 Å². The summed E-state index contributed by atoms with van der Waals surface area (Å²) in [7, 11) is 0. The summed E-state index contributed by atoms with van der Waals surface area (Å²) in [5.74, 6) is 2.32. The maximum absolute atomic E-state index is 9.58. The van der Waals surface area contributed by atoms with E-state index in [0.29, 0.717) is 6.04 Å². The number of unbranched alkanes of at least 4 members (excludes halogenated alkanes) is 1. The lowest BCUT2D eigenvalue weighted by atomic mass is 9.96. The Morgan fingerprint density at radius 2 is 2.05 bits per heavy atom. The van der Waals surface area contributed by atoms with Gasteiger partial charge < -0.3 is 10.4 Å². The average Bonchev–Trinajstić information content (AvgIpc) is 3.28. The van der Waals surface area contributed by atoms with Crippen molar-refractivity contribution in [3.8, 4) is 0 Å². The largest absolute Gasteiger partial charge is 0.394 e. The molecule has 0 radical (unpaired) electrons. The second-order valence-corrected chi connectivity index (χ2v) is 7.68. The highest BCUT2D eigenvalue weighted by molar-refractivity contribution is 7.98. The van der Waals surface area contributed by atoms with E-state index in [1.807, 2.05) is 11.8 Å². The third-order valence-corrected chi connectivity index (χ3v) is 5.36. The molecule has 0 aliphatic heterocycles. The van der Waals surface area contributed by atoms with E-state index in [0.717, 1.165) is 12.2 Å². The fourth-order valence-corrected chi connectivity index (χ4v) is 3.69. The highest BCUT2D eigenvalue weighted by Crippen LogP contribution is 2.25. The van der Waals surface area contributed by atoms with Crippen LogP contribution in [0.5, 0.6) is 0 Å². The molecule has 2 nitrogen and oxygen atoms in total. The molecule has 0 saturated heterocycles. The molecule has 0 amide bonds. The minimum absolute atomic E-state index is 0.0676. The molecule has 0 heterocycles. The summed E-state index contributed by atoms with van der Waals surface area (Å²) in [4.78, 5) is 0. The van der Waals surface area contributed by atoms with Gasteiger partial charge in [0.1, 0.15) is 0 Å². The van der Waals surface area contributed by atoms with Crippen molar-refractivity contribution < 1.29 is 5.11 Å². The summed E-state index contributed by atoms with van der Waals surface area (Å²) in [6.07, 6.45) is 6.06. The SMILES string of the molecule is Cc1ccccc1CSCCCCC(C)(CO)NC1CC1. The molecule has 3 heteroatoms. The second-order valence-electron chi connectivity index (χ2n) is 6.57. The Kier molecular flexibility index (Phi) is 6.59. The molecule has 1 aliphatic rings. The van der Waals surface area contributed by atoms with Gasteiger partial charge in [0.15, 0.2) is 0 Å². The van der Waals surface area contributed by atoms with Crippen molar-refractivity contribution in [3.05, 3.63) is 35.4 Å². The highest BCUT2D eigenvalue weighted by Gasteiger charge is 2.31. The van der Waals surface area contributed by atoms with Gasteiger partial charge in [0.2, 0.25) is 0 Å². The van der Waals surface area contributed by atoms with Crippen molar-refractivity contribution in [3.63, 3.8) is 0 Å². The van der Waals surface area contributed by atoms with Crippen LogP contribution >= 0.6 is 11.8 Å². The zero-order valence-electron chi connectivity index (χ0n) is 13.4. The van der Waals surface area contributed by atoms with E-state index < -0.39 is 0 Å². The Hall–Kier alpha value is -0.510. The number of nitrogens with one attached hydrogen (secondary N) is 1. The molecule has 1 unspecified atom stereocenters. The Bertz CT molecular complexity index is 433. The van der Waals surface area contributed by atoms with Crippen LogP contribution in [0.15, 0.2) is 24.3 Å². The molecule has 1 aromatic rings. The number of aliphatic hydroxyl groups is 1. The van der Waals surface area contributed by atoms with Crippen LogP contribution in [0.2, 0.25) is 0 Å². The third-order valence-electron chi connectivity index (χ3n) is 4.26. The van der Waals surface area contributed by atoms with Crippen LogP contribution in [0.25, 0.3) is 0 Å². The van der Waals surface area contributed by atoms with E-state index in [9.17, 15) is 5.11 Å². The standard InChI is InChI=1S/C18H29NOS/c1-15-7-3-4-8-16(15)13-21-12-6-5-11-18(2,14-20)19-17-9-10-17/h3-4,7-8,17,19-20H,5-6,9-14H2,1-2H3. The molecule has 1 aliphatic carbocycles. The van der Waals surface area contributed by atoms with Gasteiger partial charge in [0.25, 0.3) is 0 Å². The van der Waals surface area contributed by atoms with Gasteiger partial charge >= 0.3 is 0 Å². The molecule has 1 fully saturated rings. The first kappa shape index (κ1) is 16.9. The van der Waals surface area contributed by atoms with Crippen molar-refractivity contribution in [2.45, 2.75) is 63.3 Å². The molecular formula is C18H29NOS.